The molecule has 0 saturated heterocycles. The van der Waals surface area contributed by atoms with E-state index >= 15 is 0 Å². The predicted octanol–water partition coefficient (Wildman–Crippen LogP) is 1.75. The fourth-order valence-electron chi connectivity index (χ4n) is 1.64. The number of hydrogen-bond acceptors (Lipinski definition) is 6. The van der Waals surface area contributed by atoms with Gasteiger partial charge < -0.3 is 9.73 Å². The second-order valence-electron chi connectivity index (χ2n) is 4.65. The van der Waals surface area contributed by atoms with E-state index < -0.39 is 0 Å². The van der Waals surface area contributed by atoms with Gasteiger partial charge in [-0.25, -0.2) is 0 Å². The van der Waals surface area contributed by atoms with E-state index in [0.29, 0.717) is 22.8 Å². The Bertz CT molecular complexity index is 583. The summed E-state index contributed by atoms with van der Waals surface area (Å²) in [6.07, 6.45) is 5.79. The molecule has 20 heavy (non-hydrogen) atoms. The number of thioether (sulfide) groups is 1. The Morgan fingerprint density at radius 3 is 2.90 bits per heavy atom. The van der Waals surface area contributed by atoms with Gasteiger partial charge in [-0.1, -0.05) is 11.8 Å². The second kappa shape index (κ2) is 6.04. The number of carbonyl (C=O) groups is 1. The topological polar surface area (TPSA) is 80.9 Å². The van der Waals surface area contributed by atoms with Crippen LogP contribution in [0.15, 0.2) is 34.2 Å². The maximum absolute atomic E-state index is 11.6. The van der Waals surface area contributed by atoms with Gasteiger partial charge >= 0.3 is 0 Å². The molecule has 1 saturated carbocycles. The number of nitrogens with one attached hydrogen (secondary N) is 1. The Hall–Kier alpha value is -1.89. The van der Waals surface area contributed by atoms with Crippen LogP contribution in [0.25, 0.3) is 11.5 Å². The summed E-state index contributed by atoms with van der Waals surface area (Å²) in [7, 11) is 0. The van der Waals surface area contributed by atoms with Crippen molar-refractivity contribution in [2.75, 3.05) is 12.3 Å². The first kappa shape index (κ1) is 13.1. The molecular formula is C13H14N4O2S. The molecule has 0 aliphatic heterocycles. The third-order valence-corrected chi connectivity index (χ3v) is 3.76. The van der Waals surface area contributed by atoms with Crippen LogP contribution in [0.4, 0.5) is 0 Å². The summed E-state index contributed by atoms with van der Waals surface area (Å²) in [4.78, 5) is 15.5. The fourth-order valence-corrected chi connectivity index (χ4v) is 2.23. The van der Waals surface area contributed by atoms with Gasteiger partial charge in [0, 0.05) is 24.5 Å². The third kappa shape index (κ3) is 3.57. The van der Waals surface area contributed by atoms with Gasteiger partial charge in [-0.3, -0.25) is 9.78 Å². The summed E-state index contributed by atoms with van der Waals surface area (Å²) in [5.74, 6) is 1.43. The smallest absolute Gasteiger partial charge is 0.277 e. The number of nitrogens with zero attached hydrogens (tertiary/aromatic N) is 3. The van der Waals surface area contributed by atoms with Crippen molar-refractivity contribution in [3.63, 3.8) is 0 Å². The zero-order valence-electron chi connectivity index (χ0n) is 10.8. The predicted molar refractivity (Wildman–Crippen MR) is 74.0 cm³/mol. The summed E-state index contributed by atoms with van der Waals surface area (Å²) in [5.41, 5.74) is 0.817. The van der Waals surface area contributed by atoms with E-state index in [1.165, 1.54) is 24.6 Å². The van der Waals surface area contributed by atoms with Gasteiger partial charge in [0.05, 0.1) is 5.75 Å². The Labute approximate surface area is 120 Å². The third-order valence-electron chi connectivity index (χ3n) is 2.95. The maximum Gasteiger partial charge on any atom is 0.277 e. The van der Waals surface area contributed by atoms with Crippen LogP contribution in [0.3, 0.4) is 0 Å². The van der Waals surface area contributed by atoms with Crippen molar-refractivity contribution in [1.82, 2.24) is 20.5 Å². The number of pyridine rings is 1. The van der Waals surface area contributed by atoms with Crippen LogP contribution in [0, 0.1) is 5.92 Å². The van der Waals surface area contributed by atoms with E-state index in [1.807, 2.05) is 0 Å². The van der Waals surface area contributed by atoms with Gasteiger partial charge in [0.2, 0.25) is 11.8 Å². The average molecular weight is 290 g/mol. The van der Waals surface area contributed by atoms with Gasteiger partial charge in [-0.15, -0.1) is 10.2 Å². The lowest BCUT2D eigenvalue weighted by Gasteiger charge is -2.01. The molecule has 104 valence electrons. The summed E-state index contributed by atoms with van der Waals surface area (Å²) in [6, 6.07) is 3.59. The van der Waals surface area contributed by atoms with E-state index in [4.69, 9.17) is 4.42 Å². The molecule has 2 aromatic heterocycles. The van der Waals surface area contributed by atoms with Crippen molar-refractivity contribution < 1.29 is 9.21 Å². The SMILES string of the molecule is O=C(CSc1nnc(-c2ccncc2)o1)NCC1CC1. The van der Waals surface area contributed by atoms with E-state index in [-0.39, 0.29) is 5.91 Å². The largest absolute Gasteiger partial charge is 0.411 e. The van der Waals surface area contributed by atoms with Crippen LogP contribution in [-0.4, -0.2) is 33.4 Å². The summed E-state index contributed by atoms with van der Waals surface area (Å²) in [6.45, 7) is 0.783. The number of carbonyl (C=O) groups excluding carboxylic acids is 1. The molecule has 2 heterocycles. The number of hydrogen-bond donors (Lipinski definition) is 1. The molecule has 6 nitrogen and oxygen atoms in total. The maximum atomic E-state index is 11.6. The van der Waals surface area contributed by atoms with Crippen molar-refractivity contribution >= 4 is 17.7 Å². The van der Waals surface area contributed by atoms with Crippen LogP contribution < -0.4 is 5.32 Å². The quantitative estimate of drug-likeness (QED) is 0.816. The first-order chi connectivity index (χ1) is 9.81. The zero-order chi connectivity index (χ0) is 13.8. The monoisotopic (exact) mass is 290 g/mol. The lowest BCUT2D eigenvalue weighted by Crippen LogP contribution is -2.27. The van der Waals surface area contributed by atoms with Crippen LogP contribution in [-0.2, 0) is 4.79 Å². The van der Waals surface area contributed by atoms with Gasteiger partial charge in [-0.2, -0.15) is 0 Å². The molecule has 0 aromatic carbocycles. The van der Waals surface area contributed by atoms with Crippen molar-refractivity contribution in [1.29, 1.82) is 0 Å². The number of aromatic nitrogens is 3. The molecule has 0 bridgehead atoms. The molecule has 1 N–H and O–H groups in total. The van der Waals surface area contributed by atoms with Crippen LogP contribution >= 0.6 is 11.8 Å². The molecule has 2 aromatic rings. The van der Waals surface area contributed by atoms with Crippen LogP contribution in [0.2, 0.25) is 0 Å². The molecule has 1 aliphatic carbocycles. The number of rotatable bonds is 6. The molecule has 0 spiro atoms. The molecule has 0 radical (unpaired) electrons. The lowest BCUT2D eigenvalue weighted by atomic mass is 10.3. The highest BCUT2D eigenvalue weighted by Crippen LogP contribution is 2.27. The minimum Gasteiger partial charge on any atom is -0.411 e. The minimum absolute atomic E-state index is 0.00515. The molecule has 0 atom stereocenters. The van der Waals surface area contributed by atoms with Gasteiger partial charge in [0.1, 0.15) is 0 Å². The Morgan fingerprint density at radius 1 is 1.35 bits per heavy atom. The molecule has 3 rings (SSSR count). The molecule has 1 amide bonds. The van der Waals surface area contributed by atoms with Gasteiger partial charge in [0.25, 0.3) is 5.22 Å². The van der Waals surface area contributed by atoms with Gasteiger partial charge in [0.15, 0.2) is 0 Å². The van der Waals surface area contributed by atoms with E-state index in [0.717, 1.165) is 12.1 Å². The molecular weight excluding hydrogens is 276 g/mol. The van der Waals surface area contributed by atoms with Crippen molar-refractivity contribution in [2.45, 2.75) is 18.1 Å². The van der Waals surface area contributed by atoms with Crippen molar-refractivity contribution in [3.05, 3.63) is 24.5 Å². The second-order valence-corrected chi connectivity index (χ2v) is 5.57. The highest BCUT2D eigenvalue weighted by atomic mass is 32.2. The molecule has 7 heteroatoms. The Morgan fingerprint density at radius 2 is 2.15 bits per heavy atom. The van der Waals surface area contributed by atoms with Crippen molar-refractivity contribution in [3.8, 4) is 11.5 Å². The highest BCUT2D eigenvalue weighted by molar-refractivity contribution is 7.99. The standard InChI is InChI=1S/C13H14N4O2S/c18-11(15-7-9-1-2-9)8-20-13-17-16-12(19-13)10-3-5-14-6-4-10/h3-6,9H,1-2,7-8H2,(H,15,18). The molecule has 0 unspecified atom stereocenters. The number of amides is 1. The minimum atomic E-state index is 0.00515. The zero-order valence-corrected chi connectivity index (χ0v) is 11.6. The van der Waals surface area contributed by atoms with Crippen LogP contribution in [0.5, 0.6) is 0 Å². The fraction of sp³-hybridized carbons (Fsp3) is 0.385. The first-order valence-corrected chi connectivity index (χ1v) is 7.43. The van der Waals surface area contributed by atoms with E-state index in [1.54, 1.807) is 24.5 Å². The summed E-state index contributed by atoms with van der Waals surface area (Å²) < 4.78 is 5.49. The van der Waals surface area contributed by atoms with E-state index in [9.17, 15) is 4.79 Å². The summed E-state index contributed by atoms with van der Waals surface area (Å²) in [5, 5.41) is 11.2. The molecule has 1 aliphatic rings. The lowest BCUT2D eigenvalue weighted by molar-refractivity contribution is -0.118. The highest BCUT2D eigenvalue weighted by Gasteiger charge is 2.21. The average Bonchev–Trinajstić information content (AvgIpc) is 3.20. The Balaban J connectivity index is 1.50. The normalized spacial score (nSPS) is 14.2. The first-order valence-electron chi connectivity index (χ1n) is 6.44. The summed E-state index contributed by atoms with van der Waals surface area (Å²) >= 11 is 1.25. The van der Waals surface area contributed by atoms with E-state index in [2.05, 4.69) is 20.5 Å². The molecule has 1 fully saturated rings. The van der Waals surface area contributed by atoms with Crippen molar-refractivity contribution in [2.24, 2.45) is 5.92 Å². The Kier molecular flexibility index (Phi) is 3.96. The van der Waals surface area contributed by atoms with Crippen LogP contribution in [0.1, 0.15) is 12.8 Å². The van der Waals surface area contributed by atoms with Gasteiger partial charge in [-0.05, 0) is 30.9 Å².